The number of rotatable bonds is 6. The maximum absolute atomic E-state index is 12.3. The minimum Gasteiger partial charge on any atom is -0.462 e. The molecule has 0 aromatic heterocycles. The second-order valence-electron chi connectivity index (χ2n) is 4.87. The van der Waals surface area contributed by atoms with Crippen molar-refractivity contribution in [2.45, 2.75) is 18.7 Å². The molecule has 0 saturated carbocycles. The van der Waals surface area contributed by atoms with Crippen LogP contribution in [0, 0.1) is 0 Å². The van der Waals surface area contributed by atoms with Crippen molar-refractivity contribution in [3.05, 3.63) is 59.7 Å². The van der Waals surface area contributed by atoms with E-state index in [9.17, 15) is 18.0 Å². The van der Waals surface area contributed by atoms with E-state index in [1.54, 1.807) is 13.0 Å². The molecule has 7 heteroatoms. The Morgan fingerprint density at radius 1 is 1.00 bits per heavy atom. The van der Waals surface area contributed by atoms with Crippen LogP contribution in [0.2, 0.25) is 0 Å². The van der Waals surface area contributed by atoms with Crippen LogP contribution in [0.1, 0.15) is 34.6 Å². The van der Waals surface area contributed by atoms with E-state index in [1.165, 1.54) is 49.4 Å². The van der Waals surface area contributed by atoms with Gasteiger partial charge in [0.05, 0.1) is 12.2 Å². The molecule has 24 heavy (non-hydrogen) atoms. The summed E-state index contributed by atoms with van der Waals surface area (Å²) in [7, 11) is -4.07. The molecule has 0 aliphatic rings. The van der Waals surface area contributed by atoms with Gasteiger partial charge in [-0.2, -0.15) is 8.42 Å². The average Bonchev–Trinajstić information content (AvgIpc) is 2.55. The van der Waals surface area contributed by atoms with Crippen molar-refractivity contribution < 1.29 is 26.9 Å². The molecule has 0 aliphatic heterocycles. The van der Waals surface area contributed by atoms with Crippen LogP contribution >= 0.6 is 0 Å². The Bertz CT molecular complexity index is 853. The topological polar surface area (TPSA) is 86.7 Å². The van der Waals surface area contributed by atoms with Crippen molar-refractivity contribution in [3.8, 4) is 5.75 Å². The van der Waals surface area contributed by atoms with Gasteiger partial charge in [0.2, 0.25) is 0 Å². The highest BCUT2D eigenvalue weighted by atomic mass is 32.2. The van der Waals surface area contributed by atoms with Gasteiger partial charge in [0, 0.05) is 5.56 Å². The molecule has 0 radical (unpaired) electrons. The maximum Gasteiger partial charge on any atom is 0.339 e. The Hall–Kier alpha value is -2.67. The molecular formula is C17H16O6S. The number of hydrogen-bond donors (Lipinski definition) is 0. The number of hydrogen-bond acceptors (Lipinski definition) is 6. The maximum atomic E-state index is 12.3. The monoisotopic (exact) mass is 348 g/mol. The van der Waals surface area contributed by atoms with Crippen molar-refractivity contribution >= 4 is 21.9 Å². The molecule has 6 nitrogen and oxygen atoms in total. The van der Waals surface area contributed by atoms with E-state index in [4.69, 9.17) is 8.92 Å². The van der Waals surface area contributed by atoms with E-state index in [2.05, 4.69) is 0 Å². The first-order chi connectivity index (χ1) is 11.3. The molecule has 0 spiro atoms. The van der Waals surface area contributed by atoms with E-state index in [-0.39, 0.29) is 28.6 Å². The van der Waals surface area contributed by atoms with E-state index >= 15 is 0 Å². The predicted molar refractivity (Wildman–Crippen MR) is 86.7 cm³/mol. The highest BCUT2D eigenvalue weighted by Crippen LogP contribution is 2.20. The van der Waals surface area contributed by atoms with E-state index < -0.39 is 16.1 Å². The third kappa shape index (κ3) is 4.20. The Morgan fingerprint density at radius 3 is 2.25 bits per heavy atom. The summed E-state index contributed by atoms with van der Waals surface area (Å²) in [6.45, 7) is 3.29. The highest BCUT2D eigenvalue weighted by Gasteiger charge is 2.18. The van der Waals surface area contributed by atoms with E-state index in [0.717, 1.165) is 0 Å². The van der Waals surface area contributed by atoms with E-state index in [1.807, 2.05) is 0 Å². The smallest absolute Gasteiger partial charge is 0.339 e. The summed E-state index contributed by atoms with van der Waals surface area (Å²) in [5.41, 5.74) is 0.592. The van der Waals surface area contributed by atoms with Crippen LogP contribution < -0.4 is 4.18 Å². The third-order valence-electron chi connectivity index (χ3n) is 3.10. The summed E-state index contributed by atoms with van der Waals surface area (Å²) in [4.78, 5) is 22.8. The molecule has 2 aromatic carbocycles. The molecule has 0 fully saturated rings. The molecule has 0 amide bonds. The molecule has 0 saturated heterocycles. The zero-order chi connectivity index (χ0) is 17.7. The number of ether oxygens (including phenoxy) is 1. The quantitative estimate of drug-likeness (QED) is 0.453. The van der Waals surface area contributed by atoms with Gasteiger partial charge in [0.15, 0.2) is 5.78 Å². The molecule has 126 valence electrons. The first-order valence-corrected chi connectivity index (χ1v) is 8.57. The predicted octanol–water partition coefficient (Wildman–Crippen LogP) is 2.83. The van der Waals surface area contributed by atoms with Gasteiger partial charge in [-0.25, -0.2) is 4.79 Å². The van der Waals surface area contributed by atoms with Gasteiger partial charge in [0.25, 0.3) is 0 Å². The SMILES string of the molecule is CCOC(=O)c1ccc(S(=O)(=O)Oc2cccc(C(C)=O)c2)cc1. The largest absolute Gasteiger partial charge is 0.462 e. The lowest BCUT2D eigenvalue weighted by Gasteiger charge is -2.08. The van der Waals surface area contributed by atoms with Gasteiger partial charge >= 0.3 is 16.1 Å². The standard InChI is InChI=1S/C17H16O6S/c1-3-22-17(19)13-7-9-16(10-8-13)24(20,21)23-15-6-4-5-14(11-15)12(2)18/h4-11H,3H2,1-2H3. The first-order valence-electron chi connectivity index (χ1n) is 7.16. The average molecular weight is 348 g/mol. The van der Waals surface area contributed by atoms with Gasteiger partial charge in [-0.3, -0.25) is 4.79 Å². The van der Waals surface area contributed by atoms with Crippen LogP contribution in [-0.4, -0.2) is 26.8 Å². The summed E-state index contributed by atoms with van der Waals surface area (Å²) in [5, 5.41) is 0. The van der Waals surface area contributed by atoms with Gasteiger partial charge in [-0.15, -0.1) is 0 Å². The summed E-state index contributed by atoms with van der Waals surface area (Å²) >= 11 is 0. The summed E-state index contributed by atoms with van der Waals surface area (Å²) < 4.78 is 34.4. The van der Waals surface area contributed by atoms with E-state index in [0.29, 0.717) is 5.56 Å². The molecule has 0 aliphatic carbocycles. The lowest BCUT2D eigenvalue weighted by molar-refractivity contribution is 0.0526. The fraction of sp³-hybridized carbons (Fsp3) is 0.176. The zero-order valence-electron chi connectivity index (χ0n) is 13.2. The van der Waals surface area contributed by atoms with Crippen LogP contribution in [0.5, 0.6) is 5.75 Å². The highest BCUT2D eigenvalue weighted by molar-refractivity contribution is 7.87. The molecule has 0 N–H and O–H groups in total. The molecule has 0 unspecified atom stereocenters. The zero-order valence-corrected chi connectivity index (χ0v) is 14.0. The number of benzene rings is 2. The Morgan fingerprint density at radius 2 is 1.67 bits per heavy atom. The van der Waals surface area contributed by atoms with Crippen molar-refractivity contribution in [2.75, 3.05) is 6.61 Å². The fourth-order valence-corrected chi connectivity index (χ4v) is 2.84. The lowest BCUT2D eigenvalue weighted by Crippen LogP contribution is -2.11. The lowest BCUT2D eigenvalue weighted by atomic mass is 10.1. The summed E-state index contributed by atoms with van der Waals surface area (Å²) in [5.74, 6) is -0.690. The van der Waals surface area contributed by atoms with Gasteiger partial charge in [0.1, 0.15) is 10.6 Å². The first kappa shape index (κ1) is 17.7. The second kappa shape index (κ2) is 7.27. The van der Waals surface area contributed by atoms with Crippen molar-refractivity contribution in [2.24, 2.45) is 0 Å². The Kier molecular flexibility index (Phi) is 5.35. The van der Waals surface area contributed by atoms with Crippen molar-refractivity contribution in [1.82, 2.24) is 0 Å². The number of esters is 1. The van der Waals surface area contributed by atoms with Crippen LogP contribution in [-0.2, 0) is 14.9 Å². The minimum absolute atomic E-state index is 0.0390. The number of carbonyl (C=O) groups is 2. The molecule has 0 heterocycles. The minimum atomic E-state index is -4.07. The van der Waals surface area contributed by atoms with Crippen molar-refractivity contribution in [3.63, 3.8) is 0 Å². The van der Waals surface area contributed by atoms with Gasteiger partial charge < -0.3 is 8.92 Å². The van der Waals surface area contributed by atoms with Crippen LogP contribution in [0.15, 0.2) is 53.4 Å². The van der Waals surface area contributed by atoms with Crippen LogP contribution in [0.4, 0.5) is 0 Å². The molecule has 2 aromatic rings. The molecule has 0 atom stereocenters. The molecule has 0 bridgehead atoms. The third-order valence-corrected chi connectivity index (χ3v) is 4.36. The normalized spacial score (nSPS) is 10.9. The number of carbonyl (C=O) groups excluding carboxylic acids is 2. The van der Waals surface area contributed by atoms with Gasteiger partial charge in [-0.05, 0) is 50.2 Å². The van der Waals surface area contributed by atoms with Crippen molar-refractivity contribution in [1.29, 1.82) is 0 Å². The fourth-order valence-electron chi connectivity index (χ4n) is 1.91. The Labute approximate surface area is 140 Å². The number of Topliss-reactive ketones (excluding diaryl/α,β-unsaturated/α-hetero) is 1. The van der Waals surface area contributed by atoms with Gasteiger partial charge in [-0.1, -0.05) is 12.1 Å². The summed E-state index contributed by atoms with van der Waals surface area (Å²) in [6, 6.07) is 11.1. The van der Waals surface area contributed by atoms with Crippen LogP contribution in [0.25, 0.3) is 0 Å². The number of ketones is 1. The second-order valence-corrected chi connectivity index (χ2v) is 6.41. The molecule has 2 rings (SSSR count). The van der Waals surface area contributed by atoms with Crippen LogP contribution in [0.3, 0.4) is 0 Å². The Balaban J connectivity index is 2.23. The molecular weight excluding hydrogens is 332 g/mol. The summed E-state index contributed by atoms with van der Waals surface area (Å²) in [6.07, 6.45) is 0.